The van der Waals surface area contributed by atoms with Crippen molar-refractivity contribution in [1.29, 1.82) is 0 Å². The Balaban J connectivity index is 2.23. The second-order valence-electron chi connectivity index (χ2n) is 4.08. The molecule has 2 heteroatoms. The Morgan fingerprint density at radius 2 is 1.94 bits per heavy atom. The third-order valence-corrected chi connectivity index (χ3v) is 2.92. The molecule has 0 saturated heterocycles. The number of benzene rings is 1. The van der Waals surface area contributed by atoms with Crippen molar-refractivity contribution < 1.29 is 9.59 Å². The number of allylic oxidation sites excluding steroid dienone is 1. The summed E-state index contributed by atoms with van der Waals surface area (Å²) >= 11 is 0. The van der Waals surface area contributed by atoms with Gasteiger partial charge in [-0.1, -0.05) is 30.3 Å². The zero-order valence-corrected chi connectivity index (χ0v) is 9.06. The van der Waals surface area contributed by atoms with Gasteiger partial charge < -0.3 is 4.79 Å². The zero-order valence-electron chi connectivity index (χ0n) is 9.06. The van der Waals surface area contributed by atoms with Crippen LogP contribution in [0.4, 0.5) is 0 Å². The highest BCUT2D eigenvalue weighted by Crippen LogP contribution is 2.25. The van der Waals surface area contributed by atoms with Crippen molar-refractivity contribution in [2.24, 2.45) is 5.92 Å². The lowest BCUT2D eigenvalue weighted by atomic mass is 9.84. The Labute approximate surface area is 95.0 Å². The van der Waals surface area contributed by atoms with Gasteiger partial charge in [0.2, 0.25) is 0 Å². The maximum Gasteiger partial charge on any atom is 0.169 e. The van der Waals surface area contributed by atoms with E-state index in [1.165, 1.54) is 0 Å². The van der Waals surface area contributed by atoms with Gasteiger partial charge in [-0.05, 0) is 36.5 Å². The maximum absolute atomic E-state index is 11.9. The fraction of sp³-hybridized carbons (Fsp3) is 0.286. The third kappa shape index (κ3) is 2.27. The van der Waals surface area contributed by atoms with Crippen LogP contribution in [0.5, 0.6) is 0 Å². The van der Waals surface area contributed by atoms with Gasteiger partial charge in [0, 0.05) is 0 Å². The molecule has 0 aromatic heterocycles. The number of Topliss-reactive ketones (excluding diaryl/α,β-unsaturated/α-hetero) is 1. The number of aldehydes is 1. The highest BCUT2D eigenvalue weighted by Gasteiger charge is 2.25. The molecule has 16 heavy (non-hydrogen) atoms. The molecule has 1 unspecified atom stereocenters. The first-order chi connectivity index (χ1) is 7.81. The molecule has 1 aromatic rings. The number of carbonyl (C=O) groups is 2. The molecule has 0 spiro atoms. The standard InChI is InChI=1S/C14H14O2/c15-10-13-8-4-7-12(14(13)16)9-11-5-2-1-3-6-11/h1-3,5-6,9-10,13H,4,7-8H2/b12-9-. The highest BCUT2D eigenvalue weighted by molar-refractivity contribution is 6.08. The lowest BCUT2D eigenvalue weighted by molar-refractivity contribution is -0.125. The molecule has 1 aliphatic carbocycles. The molecule has 2 nitrogen and oxygen atoms in total. The zero-order chi connectivity index (χ0) is 11.4. The molecule has 2 rings (SSSR count). The quantitative estimate of drug-likeness (QED) is 0.431. The number of rotatable bonds is 2. The van der Waals surface area contributed by atoms with Crippen LogP contribution in [0.15, 0.2) is 35.9 Å². The van der Waals surface area contributed by atoms with Crippen molar-refractivity contribution in [3.63, 3.8) is 0 Å². The first kappa shape index (κ1) is 10.8. The van der Waals surface area contributed by atoms with Gasteiger partial charge in [-0.15, -0.1) is 0 Å². The van der Waals surface area contributed by atoms with E-state index in [1.54, 1.807) is 0 Å². The first-order valence-electron chi connectivity index (χ1n) is 5.56. The van der Waals surface area contributed by atoms with Gasteiger partial charge in [-0.2, -0.15) is 0 Å². The lowest BCUT2D eigenvalue weighted by Crippen LogP contribution is -2.22. The van der Waals surface area contributed by atoms with Crippen LogP contribution < -0.4 is 0 Å². The van der Waals surface area contributed by atoms with E-state index in [2.05, 4.69) is 0 Å². The summed E-state index contributed by atoms with van der Waals surface area (Å²) in [6.45, 7) is 0. The monoisotopic (exact) mass is 214 g/mol. The molecule has 0 aliphatic heterocycles. The van der Waals surface area contributed by atoms with Crippen LogP contribution >= 0.6 is 0 Å². The van der Waals surface area contributed by atoms with Gasteiger partial charge in [0.25, 0.3) is 0 Å². The summed E-state index contributed by atoms with van der Waals surface area (Å²) in [6, 6.07) is 9.75. The lowest BCUT2D eigenvalue weighted by Gasteiger charge is -2.18. The predicted octanol–water partition coefficient (Wildman–Crippen LogP) is 2.64. The van der Waals surface area contributed by atoms with Crippen molar-refractivity contribution in [1.82, 2.24) is 0 Å². The van der Waals surface area contributed by atoms with Crippen LogP contribution in [0.25, 0.3) is 6.08 Å². The van der Waals surface area contributed by atoms with Crippen molar-refractivity contribution >= 4 is 18.1 Å². The average Bonchev–Trinajstić information content (AvgIpc) is 2.33. The summed E-state index contributed by atoms with van der Waals surface area (Å²) in [6.07, 6.45) is 5.10. The molecule has 0 N–H and O–H groups in total. The fourth-order valence-electron chi connectivity index (χ4n) is 2.03. The van der Waals surface area contributed by atoms with E-state index in [1.807, 2.05) is 36.4 Å². The summed E-state index contributed by atoms with van der Waals surface area (Å²) in [7, 11) is 0. The summed E-state index contributed by atoms with van der Waals surface area (Å²) < 4.78 is 0. The molecule has 1 fully saturated rings. The largest absolute Gasteiger partial charge is 0.303 e. The van der Waals surface area contributed by atoms with E-state index in [9.17, 15) is 9.59 Å². The molecule has 1 atom stereocenters. The number of hydrogen-bond donors (Lipinski definition) is 0. The number of hydrogen-bond acceptors (Lipinski definition) is 2. The highest BCUT2D eigenvalue weighted by atomic mass is 16.1. The van der Waals surface area contributed by atoms with Crippen LogP contribution in [-0.4, -0.2) is 12.1 Å². The molecule has 1 aliphatic rings. The van der Waals surface area contributed by atoms with E-state index in [0.717, 1.165) is 30.3 Å². The second kappa shape index (κ2) is 4.88. The molecule has 1 aromatic carbocycles. The Morgan fingerprint density at radius 3 is 2.62 bits per heavy atom. The van der Waals surface area contributed by atoms with Crippen molar-refractivity contribution in [3.8, 4) is 0 Å². The normalized spacial score (nSPS) is 23.4. The van der Waals surface area contributed by atoms with Gasteiger partial charge in [0.05, 0.1) is 5.92 Å². The average molecular weight is 214 g/mol. The van der Waals surface area contributed by atoms with Gasteiger partial charge in [-0.3, -0.25) is 4.79 Å². The fourth-order valence-corrected chi connectivity index (χ4v) is 2.03. The third-order valence-electron chi connectivity index (χ3n) is 2.92. The Bertz CT molecular complexity index is 418. The molecule has 0 amide bonds. The number of ketones is 1. The van der Waals surface area contributed by atoms with E-state index in [-0.39, 0.29) is 5.78 Å². The van der Waals surface area contributed by atoms with Crippen molar-refractivity contribution in [2.75, 3.05) is 0 Å². The summed E-state index contributed by atoms with van der Waals surface area (Å²) in [5.41, 5.74) is 1.81. The molecule has 0 radical (unpaired) electrons. The van der Waals surface area contributed by atoms with Crippen LogP contribution in [0, 0.1) is 5.92 Å². The second-order valence-corrected chi connectivity index (χ2v) is 4.08. The Hall–Kier alpha value is -1.70. The minimum absolute atomic E-state index is 0.00473. The van der Waals surface area contributed by atoms with Crippen LogP contribution in [-0.2, 0) is 9.59 Å². The van der Waals surface area contributed by atoms with Crippen LogP contribution in [0.1, 0.15) is 24.8 Å². The van der Waals surface area contributed by atoms with E-state index in [4.69, 9.17) is 0 Å². The van der Waals surface area contributed by atoms with Gasteiger partial charge in [0.15, 0.2) is 5.78 Å². The van der Waals surface area contributed by atoms with E-state index < -0.39 is 5.92 Å². The minimum atomic E-state index is -0.413. The van der Waals surface area contributed by atoms with Crippen LogP contribution in [0.3, 0.4) is 0 Å². The van der Waals surface area contributed by atoms with Crippen LogP contribution in [0.2, 0.25) is 0 Å². The van der Waals surface area contributed by atoms with Crippen molar-refractivity contribution in [2.45, 2.75) is 19.3 Å². The first-order valence-corrected chi connectivity index (χ1v) is 5.56. The molecule has 0 heterocycles. The molecule has 82 valence electrons. The molecular formula is C14H14O2. The smallest absolute Gasteiger partial charge is 0.169 e. The van der Waals surface area contributed by atoms with E-state index >= 15 is 0 Å². The molecule has 1 saturated carbocycles. The summed E-state index contributed by atoms with van der Waals surface area (Å²) in [4.78, 5) is 22.6. The van der Waals surface area contributed by atoms with Gasteiger partial charge in [-0.25, -0.2) is 0 Å². The molecule has 0 bridgehead atoms. The predicted molar refractivity (Wildman–Crippen MR) is 62.8 cm³/mol. The van der Waals surface area contributed by atoms with Crippen molar-refractivity contribution in [3.05, 3.63) is 41.5 Å². The minimum Gasteiger partial charge on any atom is -0.303 e. The maximum atomic E-state index is 11.9. The van der Waals surface area contributed by atoms with E-state index in [0.29, 0.717) is 6.42 Å². The Morgan fingerprint density at radius 1 is 1.19 bits per heavy atom. The SMILES string of the molecule is O=CC1CCC/C(=C/c2ccccc2)C1=O. The topological polar surface area (TPSA) is 34.1 Å². The summed E-state index contributed by atoms with van der Waals surface area (Å²) in [5, 5.41) is 0. The summed E-state index contributed by atoms with van der Waals surface area (Å²) in [5.74, 6) is -0.409. The number of carbonyl (C=O) groups excluding carboxylic acids is 2. The molecular weight excluding hydrogens is 200 g/mol. The van der Waals surface area contributed by atoms with Gasteiger partial charge >= 0.3 is 0 Å². The van der Waals surface area contributed by atoms with Gasteiger partial charge in [0.1, 0.15) is 6.29 Å². The Kier molecular flexibility index (Phi) is 3.30.